The van der Waals surface area contributed by atoms with E-state index in [1.807, 2.05) is 41.5 Å². The number of hydrogen-bond acceptors (Lipinski definition) is 6. The Morgan fingerprint density at radius 1 is 1.28 bits per heavy atom. The van der Waals surface area contributed by atoms with Gasteiger partial charge in [0.05, 0.1) is 17.1 Å². The maximum Gasteiger partial charge on any atom is 0.410 e. The predicted molar refractivity (Wildman–Crippen MR) is 91.5 cm³/mol. The minimum Gasteiger partial charge on any atom is -0.569 e. The SMILES string of the molecule is CC(C)(C)OC(=O)N1CCC(O/N=[N+](\[O-])N(CCO)C(C)(C)C)CC1. The molecule has 1 heterocycles. The van der Waals surface area contributed by atoms with Gasteiger partial charge in [-0.2, -0.15) is 0 Å². The summed E-state index contributed by atoms with van der Waals surface area (Å²) >= 11 is 0. The highest BCUT2D eigenvalue weighted by Gasteiger charge is 2.30. The molecule has 1 aliphatic heterocycles. The van der Waals surface area contributed by atoms with E-state index in [1.165, 1.54) is 5.01 Å². The smallest absolute Gasteiger partial charge is 0.410 e. The second-order valence-electron chi connectivity index (χ2n) is 8.12. The first kappa shape index (κ1) is 21.3. The molecule has 0 radical (unpaired) electrons. The molecule has 0 spiro atoms. The molecule has 0 aromatic heterocycles. The van der Waals surface area contributed by atoms with E-state index in [4.69, 9.17) is 14.7 Å². The molecule has 1 saturated heterocycles. The summed E-state index contributed by atoms with van der Waals surface area (Å²) in [5, 5.41) is 26.2. The number of piperidine rings is 1. The molecule has 25 heavy (non-hydrogen) atoms. The Bertz CT molecular complexity index is 462. The fourth-order valence-corrected chi connectivity index (χ4v) is 2.39. The van der Waals surface area contributed by atoms with E-state index in [1.54, 1.807) is 4.90 Å². The minimum atomic E-state index is -0.522. The number of hydrazine groups is 1. The third kappa shape index (κ3) is 7.33. The standard InChI is InChI=1S/C16H32N4O5/c1-15(2,3)19(11-12-21)20(23)17-25-13-7-9-18(10-8-13)14(22)24-16(4,5)6/h13,21H,7-12H2,1-6H3/b20-17-. The molecule has 0 aromatic rings. The van der Waals surface area contributed by atoms with Crippen LogP contribution in [0.5, 0.6) is 0 Å². The molecule has 9 nitrogen and oxygen atoms in total. The van der Waals surface area contributed by atoms with Crippen LogP contribution >= 0.6 is 0 Å². The van der Waals surface area contributed by atoms with Gasteiger partial charge in [0.1, 0.15) is 18.2 Å². The maximum absolute atomic E-state index is 12.1. The van der Waals surface area contributed by atoms with Crippen LogP contribution in [-0.4, -0.2) is 69.6 Å². The Balaban J connectivity index is 2.52. The Hall–Kier alpha value is -1.77. The van der Waals surface area contributed by atoms with Gasteiger partial charge in [-0.05, 0) is 41.5 Å². The highest BCUT2D eigenvalue weighted by atomic mass is 16.7. The fourth-order valence-electron chi connectivity index (χ4n) is 2.39. The third-order valence-electron chi connectivity index (χ3n) is 3.65. The second kappa shape index (κ2) is 8.55. The summed E-state index contributed by atoms with van der Waals surface area (Å²) < 4.78 is 5.34. The highest BCUT2D eigenvalue weighted by Crippen LogP contribution is 2.18. The first-order valence-corrected chi connectivity index (χ1v) is 8.64. The third-order valence-corrected chi connectivity index (χ3v) is 3.65. The first-order chi connectivity index (χ1) is 11.4. The molecule has 1 amide bonds. The van der Waals surface area contributed by atoms with Gasteiger partial charge in [-0.15, -0.1) is 5.01 Å². The zero-order valence-electron chi connectivity index (χ0n) is 16.2. The van der Waals surface area contributed by atoms with Crippen LogP contribution in [0.2, 0.25) is 0 Å². The van der Waals surface area contributed by atoms with Crippen molar-refractivity contribution < 1.29 is 24.4 Å². The van der Waals surface area contributed by atoms with Gasteiger partial charge in [0.15, 0.2) is 0 Å². The van der Waals surface area contributed by atoms with Crippen molar-refractivity contribution in [2.24, 2.45) is 5.28 Å². The molecule has 1 aliphatic rings. The molecule has 1 rings (SSSR count). The maximum atomic E-state index is 12.1. The van der Waals surface area contributed by atoms with Crippen molar-refractivity contribution in [3.05, 3.63) is 5.21 Å². The minimum absolute atomic E-state index is 0.153. The number of amides is 1. The molecular formula is C16H32N4O5. The number of carbonyl (C=O) groups excluding carboxylic acids is 1. The summed E-state index contributed by atoms with van der Waals surface area (Å²) in [6.45, 7) is 12.0. The van der Waals surface area contributed by atoms with Crippen LogP contribution in [-0.2, 0) is 9.57 Å². The zero-order valence-corrected chi connectivity index (χ0v) is 16.2. The van der Waals surface area contributed by atoms with Crippen molar-refractivity contribution >= 4 is 6.09 Å². The molecule has 0 aromatic carbocycles. The van der Waals surface area contributed by atoms with E-state index >= 15 is 0 Å². The van der Waals surface area contributed by atoms with Crippen LogP contribution in [0.3, 0.4) is 0 Å². The quantitative estimate of drug-likeness (QED) is 0.459. The number of hydrogen-bond donors (Lipinski definition) is 1. The lowest BCUT2D eigenvalue weighted by molar-refractivity contribution is -0.726. The van der Waals surface area contributed by atoms with E-state index < -0.39 is 11.1 Å². The van der Waals surface area contributed by atoms with E-state index in [0.717, 1.165) is 0 Å². The van der Waals surface area contributed by atoms with Gasteiger partial charge in [0.25, 0.3) is 0 Å². The van der Waals surface area contributed by atoms with Gasteiger partial charge in [-0.25, -0.2) is 4.79 Å². The Labute approximate surface area is 149 Å². The lowest BCUT2D eigenvalue weighted by Gasteiger charge is -2.32. The summed E-state index contributed by atoms with van der Waals surface area (Å²) in [7, 11) is 0. The van der Waals surface area contributed by atoms with Crippen LogP contribution in [0.15, 0.2) is 5.28 Å². The summed E-state index contributed by atoms with van der Waals surface area (Å²) in [5.41, 5.74) is -1.01. The Morgan fingerprint density at radius 3 is 2.28 bits per heavy atom. The molecule has 9 heteroatoms. The van der Waals surface area contributed by atoms with Crippen LogP contribution in [0, 0.1) is 5.21 Å². The van der Waals surface area contributed by atoms with Crippen molar-refractivity contribution in [2.45, 2.75) is 71.6 Å². The monoisotopic (exact) mass is 360 g/mol. The van der Waals surface area contributed by atoms with Crippen LogP contribution in [0.4, 0.5) is 4.79 Å². The van der Waals surface area contributed by atoms with Crippen molar-refractivity contribution in [3.63, 3.8) is 0 Å². The van der Waals surface area contributed by atoms with Crippen LogP contribution in [0.1, 0.15) is 54.4 Å². The first-order valence-electron chi connectivity index (χ1n) is 8.64. The van der Waals surface area contributed by atoms with Gasteiger partial charge in [-0.1, -0.05) is 0 Å². The van der Waals surface area contributed by atoms with Crippen LogP contribution < -0.4 is 0 Å². The normalized spacial score (nSPS) is 17.4. The summed E-state index contributed by atoms with van der Waals surface area (Å²) in [5.74, 6) is 0. The zero-order chi connectivity index (χ0) is 19.3. The molecule has 0 saturated carbocycles. The Kier molecular flexibility index (Phi) is 7.28. The molecule has 0 atom stereocenters. The van der Waals surface area contributed by atoms with E-state index in [0.29, 0.717) is 30.9 Å². The number of ether oxygens (including phenoxy) is 1. The fraction of sp³-hybridized carbons (Fsp3) is 0.938. The molecular weight excluding hydrogens is 328 g/mol. The number of nitrogens with zero attached hydrogens (tertiary/aromatic N) is 4. The van der Waals surface area contributed by atoms with E-state index in [9.17, 15) is 10.0 Å². The van der Waals surface area contributed by atoms with E-state index in [-0.39, 0.29) is 25.3 Å². The average Bonchev–Trinajstić information content (AvgIpc) is 2.48. The second-order valence-corrected chi connectivity index (χ2v) is 8.12. The number of aliphatic hydroxyl groups is 1. The van der Waals surface area contributed by atoms with Crippen molar-refractivity contribution in [2.75, 3.05) is 26.2 Å². The molecule has 0 bridgehead atoms. The molecule has 0 unspecified atom stereocenters. The Morgan fingerprint density at radius 2 is 1.84 bits per heavy atom. The molecule has 0 aliphatic carbocycles. The largest absolute Gasteiger partial charge is 0.569 e. The molecule has 146 valence electrons. The van der Waals surface area contributed by atoms with E-state index in [2.05, 4.69) is 5.28 Å². The van der Waals surface area contributed by atoms with Crippen molar-refractivity contribution in [3.8, 4) is 0 Å². The number of aliphatic hydroxyl groups excluding tert-OH is 1. The highest BCUT2D eigenvalue weighted by molar-refractivity contribution is 5.68. The number of likely N-dealkylation sites (tertiary alicyclic amines) is 1. The van der Waals surface area contributed by atoms with Crippen molar-refractivity contribution in [1.29, 1.82) is 0 Å². The summed E-state index contributed by atoms with van der Waals surface area (Å²) in [4.78, 5) is 19.4. The number of β-amino-alcohol motifs (C(OH)–C–C–N with tert-alkyl or cyclic N) is 1. The lowest BCUT2D eigenvalue weighted by atomic mass is 10.1. The van der Waals surface area contributed by atoms with Crippen molar-refractivity contribution in [1.82, 2.24) is 9.91 Å². The average molecular weight is 360 g/mol. The molecule has 1 fully saturated rings. The van der Waals surface area contributed by atoms with Gasteiger partial charge in [-0.3, -0.25) is 0 Å². The van der Waals surface area contributed by atoms with Gasteiger partial charge in [0.2, 0.25) is 5.28 Å². The topological polar surface area (TPSA) is 101 Å². The predicted octanol–water partition coefficient (Wildman–Crippen LogP) is 2.29. The van der Waals surface area contributed by atoms with Crippen LogP contribution in [0.25, 0.3) is 0 Å². The summed E-state index contributed by atoms with van der Waals surface area (Å²) in [6.07, 6.45) is 0.583. The number of carbonyl (C=O) groups is 1. The lowest BCUT2D eigenvalue weighted by Crippen LogP contribution is -2.47. The van der Waals surface area contributed by atoms with Gasteiger partial charge >= 0.3 is 6.09 Å². The van der Waals surface area contributed by atoms with Gasteiger partial charge in [0, 0.05) is 25.9 Å². The number of rotatable bonds is 5. The summed E-state index contributed by atoms with van der Waals surface area (Å²) in [6, 6.07) is 0. The van der Waals surface area contributed by atoms with Gasteiger partial charge < -0.3 is 24.8 Å². The molecule has 1 N–H and O–H groups in total.